The highest BCUT2D eigenvalue weighted by atomic mass is 32.2. The Bertz CT molecular complexity index is 271. The van der Waals surface area contributed by atoms with Crippen LogP contribution in [0.3, 0.4) is 0 Å². The second-order valence-corrected chi connectivity index (χ2v) is 4.74. The van der Waals surface area contributed by atoms with Crippen LogP contribution in [-0.4, -0.2) is 37.7 Å². The van der Waals surface area contributed by atoms with Crippen molar-refractivity contribution < 1.29 is 21.6 Å². The minimum absolute atomic E-state index is 0.00164. The fourth-order valence-electron chi connectivity index (χ4n) is 1.00. The summed E-state index contributed by atoms with van der Waals surface area (Å²) in [5.41, 5.74) is 0. The molecule has 1 aliphatic rings. The maximum Gasteiger partial charge on any atom is 0.390 e. The summed E-state index contributed by atoms with van der Waals surface area (Å²) in [7, 11) is -3.42. The summed E-state index contributed by atoms with van der Waals surface area (Å²) in [6.45, 7) is -0.00164. The normalized spacial score (nSPS) is 30.3. The second kappa shape index (κ2) is 2.59. The number of hydrogen-bond donors (Lipinski definition) is 0. The third-order valence-corrected chi connectivity index (χ3v) is 2.86. The third kappa shape index (κ3) is 2.63. The van der Waals surface area contributed by atoms with Crippen molar-refractivity contribution in [2.75, 3.05) is 12.8 Å². The summed E-state index contributed by atoms with van der Waals surface area (Å²) >= 11 is 0. The molecule has 12 heavy (non-hydrogen) atoms. The van der Waals surface area contributed by atoms with Gasteiger partial charge in [-0.05, 0) is 0 Å². The van der Waals surface area contributed by atoms with Gasteiger partial charge in [-0.25, -0.2) is 8.42 Å². The van der Waals surface area contributed by atoms with Gasteiger partial charge in [0.2, 0.25) is 10.0 Å². The molecule has 0 bridgehead atoms. The zero-order chi connectivity index (χ0) is 9.57. The van der Waals surface area contributed by atoms with Gasteiger partial charge in [0.05, 0.1) is 12.7 Å². The smallest absolute Gasteiger partial charge is 0.212 e. The van der Waals surface area contributed by atoms with E-state index in [1.54, 1.807) is 0 Å². The average Bonchev–Trinajstić information content (AvgIpc) is 2.37. The number of halogens is 3. The van der Waals surface area contributed by atoms with Crippen molar-refractivity contribution >= 4 is 10.0 Å². The lowest BCUT2D eigenvalue weighted by molar-refractivity contribution is -0.134. The molecule has 0 aromatic rings. The molecule has 72 valence electrons. The number of rotatable bonds is 2. The van der Waals surface area contributed by atoms with Crippen molar-refractivity contribution in [3.05, 3.63) is 0 Å². The van der Waals surface area contributed by atoms with Crippen molar-refractivity contribution in [3.8, 4) is 0 Å². The maximum atomic E-state index is 11.7. The summed E-state index contributed by atoms with van der Waals surface area (Å²) in [5, 5.41) is 0. The largest absolute Gasteiger partial charge is 0.390 e. The summed E-state index contributed by atoms with van der Waals surface area (Å²) in [6, 6.07) is -0.861. The molecule has 1 fully saturated rings. The fraction of sp³-hybridized carbons (Fsp3) is 1.00. The van der Waals surface area contributed by atoms with Crippen LogP contribution in [-0.2, 0) is 10.0 Å². The SMILES string of the molecule is CS(=O)(=O)N1CC1CC(F)(F)F. The Hall–Kier alpha value is -0.300. The van der Waals surface area contributed by atoms with Crippen molar-refractivity contribution in [1.82, 2.24) is 4.31 Å². The number of hydrogen-bond acceptors (Lipinski definition) is 2. The summed E-state index contributed by atoms with van der Waals surface area (Å²) in [5.74, 6) is 0. The molecule has 1 aliphatic heterocycles. The number of nitrogens with zero attached hydrogens (tertiary/aromatic N) is 1. The highest BCUT2D eigenvalue weighted by Crippen LogP contribution is 2.32. The molecule has 0 amide bonds. The van der Waals surface area contributed by atoms with Crippen molar-refractivity contribution in [2.24, 2.45) is 0 Å². The van der Waals surface area contributed by atoms with Gasteiger partial charge >= 0.3 is 6.18 Å². The highest BCUT2D eigenvalue weighted by molar-refractivity contribution is 7.88. The van der Waals surface area contributed by atoms with Gasteiger partial charge in [0, 0.05) is 12.6 Å². The zero-order valence-corrected chi connectivity index (χ0v) is 7.11. The van der Waals surface area contributed by atoms with Gasteiger partial charge in [-0.2, -0.15) is 17.5 Å². The van der Waals surface area contributed by atoms with E-state index in [1.807, 2.05) is 0 Å². The van der Waals surface area contributed by atoms with Crippen LogP contribution in [0.1, 0.15) is 6.42 Å². The predicted octanol–water partition coefficient (Wildman–Crippen LogP) is 0.583. The van der Waals surface area contributed by atoms with Crippen molar-refractivity contribution in [2.45, 2.75) is 18.6 Å². The van der Waals surface area contributed by atoms with E-state index in [0.717, 1.165) is 10.6 Å². The zero-order valence-electron chi connectivity index (χ0n) is 6.30. The first-order valence-electron chi connectivity index (χ1n) is 3.24. The molecule has 3 nitrogen and oxygen atoms in total. The summed E-state index contributed by atoms with van der Waals surface area (Å²) < 4.78 is 57.2. The van der Waals surface area contributed by atoms with Crippen molar-refractivity contribution in [3.63, 3.8) is 0 Å². The van der Waals surface area contributed by atoms with E-state index >= 15 is 0 Å². The van der Waals surface area contributed by atoms with Gasteiger partial charge in [0.25, 0.3) is 0 Å². The predicted molar refractivity (Wildman–Crippen MR) is 36.0 cm³/mol. The first kappa shape index (κ1) is 9.79. The van der Waals surface area contributed by atoms with Gasteiger partial charge in [-0.1, -0.05) is 0 Å². The van der Waals surface area contributed by atoms with E-state index in [9.17, 15) is 21.6 Å². The van der Waals surface area contributed by atoms with Gasteiger partial charge in [0.1, 0.15) is 0 Å². The van der Waals surface area contributed by atoms with Gasteiger partial charge in [-0.15, -0.1) is 0 Å². The van der Waals surface area contributed by atoms with E-state index in [2.05, 4.69) is 0 Å². The summed E-state index contributed by atoms with van der Waals surface area (Å²) in [4.78, 5) is 0. The van der Waals surface area contributed by atoms with E-state index < -0.39 is 28.7 Å². The molecule has 0 aromatic heterocycles. The molecular formula is C5H8F3NO2S. The molecule has 1 rings (SSSR count). The Morgan fingerprint density at radius 3 is 2.25 bits per heavy atom. The van der Waals surface area contributed by atoms with Gasteiger partial charge < -0.3 is 0 Å². The second-order valence-electron chi connectivity index (χ2n) is 2.81. The maximum absolute atomic E-state index is 11.7. The lowest BCUT2D eigenvalue weighted by Crippen LogP contribution is -2.17. The van der Waals surface area contributed by atoms with Gasteiger partial charge in [-0.3, -0.25) is 0 Å². The molecule has 1 saturated heterocycles. The van der Waals surface area contributed by atoms with Crippen LogP contribution in [0.5, 0.6) is 0 Å². The molecule has 0 spiro atoms. The Balaban J connectivity index is 2.45. The number of sulfonamides is 1. The van der Waals surface area contributed by atoms with Crippen LogP contribution in [0, 0.1) is 0 Å². The molecule has 1 heterocycles. The standard InChI is InChI=1S/C5H8F3NO2S/c1-12(10,11)9-3-4(9)2-5(6,7)8/h4H,2-3H2,1H3. The molecule has 0 radical (unpaired) electrons. The van der Waals surface area contributed by atoms with E-state index in [1.165, 1.54) is 0 Å². The monoisotopic (exact) mass is 203 g/mol. The molecule has 0 saturated carbocycles. The lowest BCUT2D eigenvalue weighted by Gasteiger charge is -2.04. The topological polar surface area (TPSA) is 37.1 Å². The average molecular weight is 203 g/mol. The molecular weight excluding hydrogens is 195 g/mol. The van der Waals surface area contributed by atoms with E-state index in [4.69, 9.17) is 0 Å². The Morgan fingerprint density at radius 2 is 2.00 bits per heavy atom. The van der Waals surface area contributed by atoms with E-state index in [-0.39, 0.29) is 6.54 Å². The number of alkyl halides is 3. The Morgan fingerprint density at radius 1 is 1.50 bits per heavy atom. The Labute approximate surface area is 68.2 Å². The van der Waals surface area contributed by atoms with Crippen molar-refractivity contribution in [1.29, 1.82) is 0 Å². The minimum Gasteiger partial charge on any atom is -0.212 e. The third-order valence-electron chi connectivity index (χ3n) is 1.56. The first-order chi connectivity index (χ1) is 5.20. The quantitative estimate of drug-likeness (QED) is 0.616. The molecule has 0 aliphatic carbocycles. The Kier molecular flexibility index (Phi) is 2.12. The van der Waals surface area contributed by atoms with E-state index in [0.29, 0.717) is 0 Å². The van der Waals surface area contributed by atoms with Crippen LogP contribution >= 0.6 is 0 Å². The first-order valence-corrected chi connectivity index (χ1v) is 5.08. The minimum atomic E-state index is -4.27. The molecule has 2 atom stereocenters. The van der Waals surface area contributed by atoms with Crippen LogP contribution in [0.25, 0.3) is 0 Å². The van der Waals surface area contributed by atoms with Crippen LogP contribution in [0.15, 0.2) is 0 Å². The molecule has 0 N–H and O–H groups in total. The summed E-state index contributed by atoms with van der Waals surface area (Å²) in [6.07, 6.45) is -4.41. The molecule has 0 aromatic carbocycles. The molecule has 7 heteroatoms. The molecule has 2 unspecified atom stereocenters. The fourth-order valence-corrected chi connectivity index (χ4v) is 2.06. The lowest BCUT2D eigenvalue weighted by atomic mass is 10.3. The van der Waals surface area contributed by atoms with Crippen LogP contribution in [0.4, 0.5) is 13.2 Å². The van der Waals surface area contributed by atoms with Gasteiger partial charge in [0.15, 0.2) is 0 Å². The highest BCUT2D eigenvalue weighted by Gasteiger charge is 2.47. The van der Waals surface area contributed by atoms with Crippen LogP contribution < -0.4 is 0 Å². The van der Waals surface area contributed by atoms with Crippen LogP contribution in [0.2, 0.25) is 0 Å².